The topological polar surface area (TPSA) is 87.5 Å². The highest BCUT2D eigenvalue weighted by atomic mass is 32.2. The van der Waals surface area contributed by atoms with Gasteiger partial charge in [-0.15, -0.1) is 0 Å². The van der Waals surface area contributed by atoms with Crippen molar-refractivity contribution in [2.45, 2.75) is 31.1 Å². The number of aromatic nitrogens is 2. The lowest BCUT2D eigenvalue weighted by Crippen LogP contribution is -2.30. The van der Waals surface area contributed by atoms with Crippen molar-refractivity contribution in [2.24, 2.45) is 7.05 Å². The molecule has 8 nitrogen and oxygen atoms in total. The van der Waals surface area contributed by atoms with Crippen LogP contribution < -0.4 is 14.5 Å². The largest absolute Gasteiger partial charge is 0.372 e. The smallest absolute Gasteiger partial charge is 0.265 e. The molecular formula is C24H29N5O3S. The summed E-state index contributed by atoms with van der Waals surface area (Å²) in [5.74, 6) is -0.229. The molecule has 1 aliphatic heterocycles. The standard InChI is InChI=1S/C24H29N5O3S/c1-18-7-13-21(14-8-18)33(31,32)28(3)24-22(17-25-27(24)2)23(30)26-19-9-11-20(12-10-19)29-15-5-4-6-16-29/h7-14,17H,4-6,15-16H2,1-3H3,(H,26,30). The van der Waals surface area contributed by atoms with Gasteiger partial charge in [-0.1, -0.05) is 17.7 Å². The summed E-state index contributed by atoms with van der Waals surface area (Å²) in [6, 6.07) is 14.3. The van der Waals surface area contributed by atoms with Gasteiger partial charge in [-0.25, -0.2) is 8.42 Å². The highest BCUT2D eigenvalue weighted by molar-refractivity contribution is 7.92. The Bertz CT molecular complexity index is 1230. The molecule has 174 valence electrons. The third-order valence-electron chi connectivity index (χ3n) is 5.98. The maximum absolute atomic E-state index is 13.2. The van der Waals surface area contributed by atoms with Crippen molar-refractivity contribution in [1.29, 1.82) is 0 Å². The van der Waals surface area contributed by atoms with E-state index in [-0.39, 0.29) is 16.3 Å². The number of benzene rings is 2. The van der Waals surface area contributed by atoms with Crippen LogP contribution in [-0.4, -0.2) is 44.2 Å². The van der Waals surface area contributed by atoms with Gasteiger partial charge in [0, 0.05) is 38.6 Å². The Morgan fingerprint density at radius 3 is 2.27 bits per heavy atom. The van der Waals surface area contributed by atoms with Crippen LogP contribution in [0.25, 0.3) is 0 Å². The molecule has 4 rings (SSSR count). The van der Waals surface area contributed by atoms with Crippen LogP contribution in [0.4, 0.5) is 17.2 Å². The Morgan fingerprint density at radius 1 is 1.00 bits per heavy atom. The third kappa shape index (κ3) is 4.73. The van der Waals surface area contributed by atoms with E-state index >= 15 is 0 Å². The average molecular weight is 468 g/mol. The SMILES string of the molecule is Cc1ccc(S(=O)(=O)N(C)c2c(C(=O)Nc3ccc(N4CCCCC4)cc3)cnn2C)cc1. The Balaban J connectivity index is 1.54. The molecule has 33 heavy (non-hydrogen) atoms. The summed E-state index contributed by atoms with van der Waals surface area (Å²) in [6.45, 7) is 3.99. The fraction of sp³-hybridized carbons (Fsp3) is 0.333. The summed E-state index contributed by atoms with van der Waals surface area (Å²) in [4.78, 5) is 15.5. The average Bonchev–Trinajstić information content (AvgIpc) is 3.21. The van der Waals surface area contributed by atoms with Crippen LogP contribution in [0.2, 0.25) is 0 Å². The predicted molar refractivity (Wildman–Crippen MR) is 130 cm³/mol. The normalized spacial score (nSPS) is 14.2. The number of carbonyl (C=O) groups excluding carboxylic acids is 1. The van der Waals surface area contributed by atoms with E-state index in [1.807, 2.05) is 31.2 Å². The number of hydrogen-bond acceptors (Lipinski definition) is 5. The number of nitrogens with zero attached hydrogens (tertiary/aromatic N) is 4. The highest BCUT2D eigenvalue weighted by Gasteiger charge is 2.28. The molecule has 9 heteroatoms. The molecule has 0 radical (unpaired) electrons. The van der Waals surface area contributed by atoms with Crippen LogP contribution in [0.5, 0.6) is 0 Å². The molecule has 2 aromatic carbocycles. The van der Waals surface area contributed by atoms with Crippen molar-refractivity contribution < 1.29 is 13.2 Å². The number of hydrogen-bond donors (Lipinski definition) is 1. The Labute approximate surface area is 194 Å². The van der Waals surface area contributed by atoms with Crippen LogP contribution in [0.3, 0.4) is 0 Å². The molecule has 1 saturated heterocycles. The summed E-state index contributed by atoms with van der Waals surface area (Å²) < 4.78 is 28.8. The number of carbonyl (C=O) groups is 1. The molecule has 1 aliphatic rings. The second kappa shape index (κ2) is 9.27. The van der Waals surface area contributed by atoms with Gasteiger partial charge in [0.15, 0.2) is 5.82 Å². The van der Waals surface area contributed by atoms with Crippen molar-refractivity contribution in [1.82, 2.24) is 9.78 Å². The van der Waals surface area contributed by atoms with Crippen molar-refractivity contribution in [3.8, 4) is 0 Å². The van der Waals surface area contributed by atoms with E-state index < -0.39 is 15.9 Å². The first-order valence-electron chi connectivity index (χ1n) is 11.0. The molecule has 1 aromatic heterocycles. The van der Waals surface area contributed by atoms with Crippen LogP contribution in [0.1, 0.15) is 35.2 Å². The monoisotopic (exact) mass is 467 g/mol. The van der Waals surface area contributed by atoms with E-state index in [1.165, 1.54) is 37.2 Å². The van der Waals surface area contributed by atoms with Gasteiger partial charge in [0.1, 0.15) is 5.56 Å². The molecule has 0 bridgehead atoms. The quantitative estimate of drug-likeness (QED) is 0.596. The summed E-state index contributed by atoms with van der Waals surface area (Å²) in [5.41, 5.74) is 2.91. The van der Waals surface area contributed by atoms with Crippen LogP contribution >= 0.6 is 0 Å². The summed E-state index contributed by atoms with van der Waals surface area (Å²) in [7, 11) is -0.822. The molecule has 1 fully saturated rings. The molecule has 0 spiro atoms. The van der Waals surface area contributed by atoms with Crippen LogP contribution in [-0.2, 0) is 17.1 Å². The van der Waals surface area contributed by atoms with Crippen molar-refractivity contribution in [3.05, 3.63) is 65.9 Å². The zero-order valence-corrected chi connectivity index (χ0v) is 20.0. The highest BCUT2D eigenvalue weighted by Crippen LogP contribution is 2.27. The van der Waals surface area contributed by atoms with Crippen molar-refractivity contribution in [3.63, 3.8) is 0 Å². The van der Waals surface area contributed by atoms with E-state index in [9.17, 15) is 13.2 Å². The first-order chi connectivity index (χ1) is 15.8. The Kier molecular flexibility index (Phi) is 6.42. The number of rotatable bonds is 6. The van der Waals surface area contributed by atoms with Gasteiger partial charge in [-0.05, 0) is 62.6 Å². The molecule has 0 atom stereocenters. The van der Waals surface area contributed by atoms with Gasteiger partial charge in [0.05, 0.1) is 11.1 Å². The molecule has 0 saturated carbocycles. The molecule has 2 heterocycles. The van der Waals surface area contributed by atoms with Crippen LogP contribution in [0.15, 0.2) is 59.6 Å². The Hall–Kier alpha value is -3.33. The van der Waals surface area contributed by atoms with E-state index in [1.54, 1.807) is 31.3 Å². The lowest BCUT2D eigenvalue weighted by atomic mass is 10.1. The van der Waals surface area contributed by atoms with Gasteiger partial charge in [0.25, 0.3) is 15.9 Å². The molecule has 3 aromatic rings. The summed E-state index contributed by atoms with van der Waals surface area (Å²) >= 11 is 0. The Morgan fingerprint density at radius 2 is 1.64 bits per heavy atom. The first-order valence-corrected chi connectivity index (χ1v) is 12.5. The van der Waals surface area contributed by atoms with Gasteiger partial charge in [0.2, 0.25) is 0 Å². The second-order valence-electron chi connectivity index (χ2n) is 8.34. The predicted octanol–water partition coefficient (Wildman–Crippen LogP) is 3.80. The minimum Gasteiger partial charge on any atom is -0.372 e. The maximum atomic E-state index is 13.2. The fourth-order valence-corrected chi connectivity index (χ4v) is 5.29. The number of amides is 1. The second-order valence-corrected chi connectivity index (χ2v) is 10.3. The van der Waals surface area contributed by atoms with E-state index in [2.05, 4.69) is 15.3 Å². The number of sulfonamides is 1. The lowest BCUT2D eigenvalue weighted by Gasteiger charge is -2.28. The van der Waals surface area contributed by atoms with E-state index in [0.29, 0.717) is 5.69 Å². The van der Waals surface area contributed by atoms with Crippen molar-refractivity contribution >= 4 is 33.1 Å². The zero-order chi connectivity index (χ0) is 23.6. The molecule has 0 unspecified atom stereocenters. The summed E-state index contributed by atoms with van der Waals surface area (Å²) in [5, 5.41) is 7.00. The van der Waals surface area contributed by atoms with E-state index in [4.69, 9.17) is 0 Å². The molecule has 0 aliphatic carbocycles. The third-order valence-corrected chi connectivity index (χ3v) is 7.74. The lowest BCUT2D eigenvalue weighted by molar-refractivity contribution is 0.102. The van der Waals surface area contributed by atoms with E-state index in [0.717, 1.165) is 28.6 Å². The number of nitrogens with one attached hydrogen (secondary N) is 1. The first kappa shape index (κ1) is 22.8. The molecule has 1 amide bonds. The van der Waals surface area contributed by atoms with Gasteiger partial charge >= 0.3 is 0 Å². The zero-order valence-electron chi connectivity index (χ0n) is 19.2. The maximum Gasteiger partial charge on any atom is 0.265 e. The fourth-order valence-electron chi connectivity index (χ4n) is 4.05. The van der Waals surface area contributed by atoms with Crippen LogP contribution in [0, 0.1) is 6.92 Å². The minimum atomic E-state index is -3.86. The summed E-state index contributed by atoms with van der Waals surface area (Å²) in [6.07, 6.45) is 5.04. The van der Waals surface area contributed by atoms with Gasteiger partial charge in [-0.2, -0.15) is 5.10 Å². The molecule has 1 N–H and O–H groups in total. The number of piperidine rings is 1. The number of anilines is 3. The van der Waals surface area contributed by atoms with Gasteiger partial charge < -0.3 is 10.2 Å². The molecular weight excluding hydrogens is 438 g/mol. The van der Waals surface area contributed by atoms with Crippen molar-refractivity contribution in [2.75, 3.05) is 34.7 Å². The minimum absolute atomic E-state index is 0.149. The number of aryl methyl sites for hydroxylation is 2. The van der Waals surface area contributed by atoms with Gasteiger partial charge in [-0.3, -0.25) is 13.8 Å².